The lowest BCUT2D eigenvalue weighted by Crippen LogP contribution is -2.53. The Kier molecular flexibility index (Phi) is 6.38. The third-order valence-corrected chi connectivity index (χ3v) is 6.51. The summed E-state index contributed by atoms with van der Waals surface area (Å²) < 4.78 is 5.50. The van der Waals surface area contributed by atoms with Gasteiger partial charge >= 0.3 is 0 Å². The van der Waals surface area contributed by atoms with Crippen LogP contribution in [0.15, 0.2) is 84.9 Å². The van der Waals surface area contributed by atoms with E-state index in [-0.39, 0.29) is 11.4 Å². The average Bonchev–Trinajstić information content (AvgIpc) is 2.85. The van der Waals surface area contributed by atoms with Gasteiger partial charge in [-0.3, -0.25) is 9.69 Å². The van der Waals surface area contributed by atoms with E-state index in [1.807, 2.05) is 54.4 Å². The van der Waals surface area contributed by atoms with E-state index in [1.165, 1.54) is 5.56 Å². The quantitative estimate of drug-likeness (QED) is 0.572. The molecule has 0 atom stereocenters. The third-order valence-electron chi connectivity index (χ3n) is 6.51. The highest BCUT2D eigenvalue weighted by Crippen LogP contribution is 2.40. The highest BCUT2D eigenvalue weighted by molar-refractivity contribution is 5.94. The SMILES string of the molecule is COc1cccc(C2(N(C)C(=O)c3ccccc3)CCN(Cc3ccccc3)CC2)c1. The number of methoxy groups -OCH3 is 1. The summed E-state index contributed by atoms with van der Waals surface area (Å²) in [6, 6.07) is 28.3. The van der Waals surface area contributed by atoms with Gasteiger partial charge in [0.25, 0.3) is 5.91 Å². The molecule has 0 aliphatic carbocycles. The summed E-state index contributed by atoms with van der Waals surface area (Å²) in [4.78, 5) is 17.9. The summed E-state index contributed by atoms with van der Waals surface area (Å²) in [6.45, 7) is 2.79. The van der Waals surface area contributed by atoms with Crippen LogP contribution in [-0.4, -0.2) is 43.0 Å². The average molecular weight is 415 g/mol. The van der Waals surface area contributed by atoms with Gasteiger partial charge in [-0.05, 0) is 48.2 Å². The number of ether oxygens (including phenoxy) is 1. The lowest BCUT2D eigenvalue weighted by Gasteiger charge is -2.48. The molecule has 4 heteroatoms. The molecule has 0 radical (unpaired) electrons. The largest absolute Gasteiger partial charge is 0.497 e. The zero-order chi connectivity index (χ0) is 21.7. The summed E-state index contributed by atoms with van der Waals surface area (Å²) >= 11 is 0. The van der Waals surface area contributed by atoms with Gasteiger partial charge in [-0.1, -0.05) is 60.7 Å². The minimum absolute atomic E-state index is 0.0555. The van der Waals surface area contributed by atoms with Gasteiger partial charge in [-0.2, -0.15) is 0 Å². The van der Waals surface area contributed by atoms with E-state index in [0.29, 0.717) is 0 Å². The Labute approximate surface area is 185 Å². The highest BCUT2D eigenvalue weighted by Gasteiger charge is 2.42. The Morgan fingerprint density at radius 3 is 2.23 bits per heavy atom. The van der Waals surface area contributed by atoms with E-state index in [4.69, 9.17) is 4.74 Å². The van der Waals surface area contributed by atoms with Crippen molar-refractivity contribution in [1.82, 2.24) is 9.80 Å². The van der Waals surface area contributed by atoms with Gasteiger partial charge in [0.1, 0.15) is 5.75 Å². The van der Waals surface area contributed by atoms with Gasteiger partial charge in [0.05, 0.1) is 12.6 Å². The second-order valence-electron chi connectivity index (χ2n) is 8.26. The van der Waals surface area contributed by atoms with Crippen LogP contribution in [-0.2, 0) is 12.1 Å². The number of carbonyl (C=O) groups is 1. The molecule has 160 valence electrons. The van der Waals surface area contributed by atoms with Crippen LogP contribution in [0.4, 0.5) is 0 Å². The molecule has 1 aliphatic heterocycles. The summed E-state index contributed by atoms with van der Waals surface area (Å²) in [5.74, 6) is 0.879. The van der Waals surface area contributed by atoms with Gasteiger partial charge in [-0.25, -0.2) is 0 Å². The summed E-state index contributed by atoms with van der Waals surface area (Å²) in [7, 11) is 3.63. The molecule has 0 N–H and O–H groups in total. The van der Waals surface area contributed by atoms with Gasteiger partial charge in [0, 0.05) is 32.2 Å². The topological polar surface area (TPSA) is 32.8 Å². The predicted molar refractivity (Wildman–Crippen MR) is 124 cm³/mol. The number of hydrogen-bond donors (Lipinski definition) is 0. The van der Waals surface area contributed by atoms with E-state index in [0.717, 1.165) is 49.4 Å². The molecule has 0 unspecified atom stereocenters. The minimum Gasteiger partial charge on any atom is -0.497 e. The minimum atomic E-state index is -0.366. The van der Waals surface area contributed by atoms with Crippen LogP contribution in [0.1, 0.15) is 34.3 Å². The molecule has 3 aromatic carbocycles. The van der Waals surface area contributed by atoms with Crippen LogP contribution < -0.4 is 4.74 Å². The molecule has 3 aromatic rings. The lowest BCUT2D eigenvalue weighted by atomic mass is 9.79. The highest BCUT2D eigenvalue weighted by atomic mass is 16.5. The number of benzene rings is 3. The van der Waals surface area contributed by atoms with Crippen LogP contribution in [0, 0.1) is 0 Å². The Balaban J connectivity index is 1.62. The standard InChI is InChI=1S/C27H30N2O2/c1-28(26(30)23-12-7-4-8-13-23)27(24-14-9-15-25(20-24)31-2)16-18-29(19-17-27)21-22-10-5-3-6-11-22/h3-15,20H,16-19,21H2,1-2H3. The van der Waals surface area contributed by atoms with E-state index in [2.05, 4.69) is 47.4 Å². The summed E-state index contributed by atoms with van der Waals surface area (Å²) in [5, 5.41) is 0. The van der Waals surface area contributed by atoms with Crippen molar-refractivity contribution in [2.75, 3.05) is 27.2 Å². The lowest BCUT2D eigenvalue weighted by molar-refractivity contribution is 0.0261. The van der Waals surface area contributed by atoms with Crippen molar-refractivity contribution in [3.8, 4) is 5.75 Å². The first-order valence-corrected chi connectivity index (χ1v) is 10.9. The normalized spacial score (nSPS) is 15.9. The van der Waals surface area contributed by atoms with Crippen LogP contribution >= 0.6 is 0 Å². The molecule has 1 heterocycles. The summed E-state index contributed by atoms with van der Waals surface area (Å²) in [6.07, 6.45) is 1.75. The fraction of sp³-hybridized carbons (Fsp3) is 0.296. The smallest absolute Gasteiger partial charge is 0.254 e. The van der Waals surface area contributed by atoms with Crippen molar-refractivity contribution in [1.29, 1.82) is 0 Å². The molecule has 1 aliphatic rings. The Morgan fingerprint density at radius 2 is 1.58 bits per heavy atom. The van der Waals surface area contributed by atoms with Crippen LogP contribution in [0.25, 0.3) is 0 Å². The first kappa shape index (κ1) is 21.1. The van der Waals surface area contributed by atoms with Crippen molar-refractivity contribution in [3.63, 3.8) is 0 Å². The van der Waals surface area contributed by atoms with Crippen molar-refractivity contribution in [2.24, 2.45) is 0 Å². The fourth-order valence-corrected chi connectivity index (χ4v) is 4.62. The Hall–Kier alpha value is -3.11. The molecule has 31 heavy (non-hydrogen) atoms. The van der Waals surface area contributed by atoms with Crippen LogP contribution in [0.2, 0.25) is 0 Å². The van der Waals surface area contributed by atoms with Crippen molar-refractivity contribution < 1.29 is 9.53 Å². The number of rotatable bonds is 6. The van der Waals surface area contributed by atoms with Gasteiger partial charge in [0.2, 0.25) is 0 Å². The molecular weight excluding hydrogens is 384 g/mol. The zero-order valence-electron chi connectivity index (χ0n) is 18.3. The number of amides is 1. The zero-order valence-corrected chi connectivity index (χ0v) is 18.3. The maximum absolute atomic E-state index is 13.4. The van der Waals surface area contributed by atoms with Crippen molar-refractivity contribution in [2.45, 2.75) is 24.9 Å². The molecule has 0 aromatic heterocycles. The molecule has 1 amide bonds. The molecule has 0 bridgehead atoms. The van der Waals surface area contributed by atoms with Crippen molar-refractivity contribution >= 4 is 5.91 Å². The molecule has 4 rings (SSSR count). The Bertz CT molecular complexity index is 996. The van der Waals surface area contributed by atoms with E-state index < -0.39 is 0 Å². The number of carbonyl (C=O) groups excluding carboxylic acids is 1. The summed E-state index contributed by atoms with van der Waals surface area (Å²) in [5.41, 5.74) is 2.82. The molecule has 4 nitrogen and oxygen atoms in total. The van der Waals surface area contributed by atoms with Crippen LogP contribution in [0.3, 0.4) is 0 Å². The van der Waals surface area contributed by atoms with Crippen LogP contribution in [0.5, 0.6) is 5.75 Å². The first-order valence-electron chi connectivity index (χ1n) is 10.9. The Morgan fingerprint density at radius 1 is 0.935 bits per heavy atom. The number of likely N-dealkylation sites (tertiary alicyclic amines) is 1. The molecule has 1 fully saturated rings. The van der Waals surface area contributed by atoms with E-state index in [9.17, 15) is 4.79 Å². The van der Waals surface area contributed by atoms with E-state index in [1.54, 1.807) is 7.11 Å². The van der Waals surface area contributed by atoms with Crippen molar-refractivity contribution in [3.05, 3.63) is 102 Å². The van der Waals surface area contributed by atoms with Gasteiger partial charge in [0.15, 0.2) is 0 Å². The van der Waals surface area contributed by atoms with Gasteiger partial charge in [-0.15, -0.1) is 0 Å². The first-order chi connectivity index (χ1) is 15.1. The second-order valence-corrected chi connectivity index (χ2v) is 8.26. The maximum atomic E-state index is 13.4. The fourth-order valence-electron chi connectivity index (χ4n) is 4.62. The molecule has 1 saturated heterocycles. The molecule has 0 spiro atoms. The number of hydrogen-bond acceptors (Lipinski definition) is 3. The maximum Gasteiger partial charge on any atom is 0.254 e. The predicted octanol–water partition coefficient (Wildman–Crippen LogP) is 4.96. The van der Waals surface area contributed by atoms with Gasteiger partial charge < -0.3 is 9.64 Å². The number of piperidine rings is 1. The van der Waals surface area contributed by atoms with E-state index >= 15 is 0 Å². The second kappa shape index (κ2) is 9.36. The molecular formula is C27H30N2O2. The molecule has 0 saturated carbocycles. The number of nitrogens with zero attached hydrogens (tertiary/aromatic N) is 2. The monoisotopic (exact) mass is 414 g/mol. The third kappa shape index (κ3) is 4.49.